The molecule has 0 aliphatic rings. The molecule has 150 valence electrons. The Morgan fingerprint density at radius 2 is 1.62 bits per heavy atom. The first-order chi connectivity index (χ1) is 11.6. The van der Waals surface area contributed by atoms with Crippen LogP contribution in [-0.2, 0) is 9.59 Å². The third-order valence-electron chi connectivity index (χ3n) is 4.22. The van der Waals surface area contributed by atoms with Gasteiger partial charge in [0.05, 0.1) is 0 Å². The van der Waals surface area contributed by atoms with Crippen molar-refractivity contribution in [1.29, 1.82) is 0 Å². The van der Waals surface area contributed by atoms with Gasteiger partial charge < -0.3 is 14.8 Å². The molecule has 1 aromatic rings. The number of aryl methyl sites for hydroxylation is 1. The van der Waals surface area contributed by atoms with Crippen molar-refractivity contribution < 1.29 is 19.8 Å². The number of carbonyl (C=O) groups is 2. The molecule has 0 amide bonds. The van der Waals surface area contributed by atoms with Crippen LogP contribution in [0.4, 0.5) is 0 Å². The maximum absolute atomic E-state index is 11.7. The smallest absolute Gasteiger partial charge is 0.327 e. The molecule has 2 N–H and O–H groups in total. The fourth-order valence-electron chi connectivity index (χ4n) is 2.13. The van der Waals surface area contributed by atoms with Crippen LogP contribution in [0.5, 0.6) is 0 Å². The lowest BCUT2D eigenvalue weighted by Gasteiger charge is -2.21. The predicted octanol–water partition coefficient (Wildman–Crippen LogP) is 4.35. The van der Waals surface area contributed by atoms with E-state index in [0.717, 1.165) is 18.4 Å². The lowest BCUT2D eigenvalue weighted by molar-refractivity contribution is -0.142. The van der Waals surface area contributed by atoms with Gasteiger partial charge in [0.2, 0.25) is 0 Å². The van der Waals surface area contributed by atoms with E-state index < -0.39 is 18.0 Å². The summed E-state index contributed by atoms with van der Waals surface area (Å²) in [5.41, 5.74) is 0.585. The normalized spacial score (nSPS) is 14.7. The van der Waals surface area contributed by atoms with E-state index in [1.165, 1.54) is 10.6 Å². The molecule has 1 rings (SSSR count). The van der Waals surface area contributed by atoms with E-state index in [4.69, 9.17) is 10.2 Å². The lowest BCUT2D eigenvalue weighted by atomic mass is 9.99. The summed E-state index contributed by atoms with van der Waals surface area (Å²) in [5, 5.41) is 17.6. The highest BCUT2D eigenvalue weighted by Crippen LogP contribution is 2.19. The van der Waals surface area contributed by atoms with E-state index in [0.29, 0.717) is 0 Å². The van der Waals surface area contributed by atoms with Crippen molar-refractivity contribution in [2.24, 2.45) is 11.8 Å². The molecule has 0 radical (unpaired) electrons. The summed E-state index contributed by atoms with van der Waals surface area (Å²) in [7, 11) is 0. The number of alkyl halides is 1. The summed E-state index contributed by atoms with van der Waals surface area (Å²) in [6.07, 6.45) is 3.17. The van der Waals surface area contributed by atoms with Gasteiger partial charge in [0, 0.05) is 12.3 Å². The van der Waals surface area contributed by atoms with Crippen LogP contribution in [-0.4, -0.2) is 31.5 Å². The molecule has 1 heterocycles. The molecule has 0 saturated carbocycles. The van der Waals surface area contributed by atoms with Crippen LogP contribution >= 0.6 is 15.9 Å². The van der Waals surface area contributed by atoms with E-state index in [1.54, 1.807) is 12.3 Å². The van der Waals surface area contributed by atoms with Crippen molar-refractivity contribution >= 4 is 27.9 Å². The standard InChI is InChI=1S/C12H17NO3.C6H11BrO2.CH4/c1-4-9(3)11(12(15)16)13-6-5-8(2)7-10(13)14;1-3-4(2)5(7)6(8)9;/h5-7,9,11H,4H2,1-3H3,(H,15,16);4-5H,3H2,1-2H3,(H,8,9);1H4/t9-,11-;4-,5+;/m00./s1. The van der Waals surface area contributed by atoms with Gasteiger partial charge in [-0.25, -0.2) is 4.79 Å². The quantitative estimate of drug-likeness (QED) is 0.622. The molecule has 0 aliphatic carbocycles. The summed E-state index contributed by atoms with van der Waals surface area (Å²) in [6.45, 7) is 9.45. The first-order valence-corrected chi connectivity index (χ1v) is 9.26. The first-order valence-electron chi connectivity index (χ1n) is 8.35. The second-order valence-corrected chi connectivity index (χ2v) is 7.23. The third-order valence-corrected chi connectivity index (χ3v) is 5.51. The summed E-state index contributed by atoms with van der Waals surface area (Å²) in [6, 6.07) is 2.43. The highest BCUT2D eigenvalue weighted by Gasteiger charge is 2.25. The number of nitrogens with zero attached hydrogens (tertiary/aromatic N) is 1. The highest BCUT2D eigenvalue weighted by atomic mass is 79.9. The Balaban J connectivity index is 0. The summed E-state index contributed by atoms with van der Waals surface area (Å²) in [5.74, 6) is -1.59. The van der Waals surface area contributed by atoms with E-state index in [-0.39, 0.29) is 29.6 Å². The van der Waals surface area contributed by atoms with Gasteiger partial charge in [0.25, 0.3) is 5.56 Å². The van der Waals surface area contributed by atoms with Crippen molar-refractivity contribution in [1.82, 2.24) is 4.57 Å². The van der Waals surface area contributed by atoms with Gasteiger partial charge in [0.1, 0.15) is 10.9 Å². The molecule has 0 spiro atoms. The summed E-state index contributed by atoms with van der Waals surface area (Å²) in [4.78, 5) is 32.7. The SMILES string of the molecule is C.CC[C@H](C)[C@@H](Br)C(=O)O.CC[C@H](C)[C@@H](C(=O)O)n1ccc(C)cc1=O. The largest absolute Gasteiger partial charge is 0.480 e. The van der Waals surface area contributed by atoms with Crippen molar-refractivity contribution in [3.63, 3.8) is 0 Å². The van der Waals surface area contributed by atoms with Gasteiger partial charge in [-0.15, -0.1) is 0 Å². The Kier molecular flexibility index (Phi) is 13.0. The topological polar surface area (TPSA) is 96.6 Å². The minimum Gasteiger partial charge on any atom is -0.480 e. The Morgan fingerprint density at radius 1 is 1.12 bits per heavy atom. The Hall–Kier alpha value is -1.63. The minimum atomic E-state index is -0.958. The van der Waals surface area contributed by atoms with Gasteiger partial charge in [-0.2, -0.15) is 0 Å². The number of rotatable bonds is 7. The monoisotopic (exact) mass is 433 g/mol. The Bertz CT molecular complexity index is 629. The third kappa shape index (κ3) is 8.17. The van der Waals surface area contributed by atoms with Gasteiger partial charge in [-0.1, -0.05) is 63.9 Å². The minimum absolute atomic E-state index is 0. The fraction of sp³-hybridized carbons (Fsp3) is 0.632. The zero-order chi connectivity index (χ0) is 19.7. The highest BCUT2D eigenvalue weighted by molar-refractivity contribution is 9.10. The molecule has 0 bridgehead atoms. The molecule has 0 saturated heterocycles. The number of aromatic nitrogens is 1. The van der Waals surface area contributed by atoms with Crippen LogP contribution in [0.25, 0.3) is 0 Å². The van der Waals surface area contributed by atoms with Crippen LogP contribution in [0.3, 0.4) is 0 Å². The predicted molar refractivity (Wildman–Crippen MR) is 108 cm³/mol. The van der Waals surface area contributed by atoms with Crippen LogP contribution in [0, 0.1) is 18.8 Å². The van der Waals surface area contributed by atoms with E-state index in [9.17, 15) is 14.4 Å². The number of carboxylic acids is 2. The molecule has 7 heteroatoms. The van der Waals surface area contributed by atoms with E-state index >= 15 is 0 Å². The van der Waals surface area contributed by atoms with Crippen LogP contribution in [0.1, 0.15) is 59.6 Å². The molecule has 0 aromatic carbocycles. The zero-order valence-electron chi connectivity index (χ0n) is 15.4. The maximum atomic E-state index is 11.7. The fourth-order valence-corrected chi connectivity index (χ4v) is 2.50. The Labute approximate surface area is 164 Å². The number of pyridine rings is 1. The molecular weight excluding hydrogens is 402 g/mol. The van der Waals surface area contributed by atoms with Gasteiger partial charge in [-0.05, 0) is 30.4 Å². The zero-order valence-corrected chi connectivity index (χ0v) is 17.0. The molecule has 4 atom stereocenters. The summed E-state index contributed by atoms with van der Waals surface area (Å²) >= 11 is 3.07. The molecule has 0 unspecified atom stereocenters. The molecule has 0 aliphatic heterocycles. The number of halogens is 1. The average Bonchev–Trinajstić information content (AvgIpc) is 2.55. The van der Waals surface area contributed by atoms with Crippen LogP contribution in [0.2, 0.25) is 0 Å². The van der Waals surface area contributed by atoms with Crippen molar-refractivity contribution in [3.05, 3.63) is 34.2 Å². The van der Waals surface area contributed by atoms with E-state index in [1.807, 2.05) is 34.6 Å². The molecule has 6 nitrogen and oxygen atoms in total. The van der Waals surface area contributed by atoms with Crippen molar-refractivity contribution in [2.75, 3.05) is 0 Å². The van der Waals surface area contributed by atoms with Gasteiger partial charge >= 0.3 is 11.9 Å². The van der Waals surface area contributed by atoms with Gasteiger partial charge in [0.15, 0.2) is 0 Å². The molecular formula is C19H32BrNO5. The van der Waals surface area contributed by atoms with Crippen LogP contribution in [0.15, 0.2) is 23.1 Å². The summed E-state index contributed by atoms with van der Waals surface area (Å²) < 4.78 is 1.30. The maximum Gasteiger partial charge on any atom is 0.327 e. The van der Waals surface area contributed by atoms with Gasteiger partial charge in [-0.3, -0.25) is 9.59 Å². The Morgan fingerprint density at radius 3 is 1.92 bits per heavy atom. The van der Waals surface area contributed by atoms with Crippen LogP contribution < -0.4 is 5.56 Å². The first kappa shape index (κ1) is 26.6. The average molecular weight is 434 g/mol. The van der Waals surface area contributed by atoms with Crippen molar-refractivity contribution in [2.45, 2.75) is 65.8 Å². The number of hydrogen-bond acceptors (Lipinski definition) is 3. The second-order valence-electron chi connectivity index (χ2n) is 6.24. The lowest BCUT2D eigenvalue weighted by Crippen LogP contribution is -2.33. The number of carboxylic acid groups (broad SMARTS) is 2. The molecule has 0 fully saturated rings. The second kappa shape index (κ2) is 12.7. The molecule has 26 heavy (non-hydrogen) atoms. The number of aliphatic carboxylic acids is 2. The molecule has 1 aromatic heterocycles. The van der Waals surface area contributed by atoms with E-state index in [2.05, 4.69) is 15.9 Å². The number of hydrogen-bond donors (Lipinski definition) is 2. The van der Waals surface area contributed by atoms with Crippen molar-refractivity contribution in [3.8, 4) is 0 Å².